The molecule has 0 spiro atoms. The molecule has 1 atom stereocenters. The van der Waals surface area contributed by atoms with Crippen LogP contribution in [0.5, 0.6) is 0 Å². The van der Waals surface area contributed by atoms with E-state index in [1.54, 1.807) is 11.8 Å². The SMILES string of the molecule is Clc1cc(SC2CCNC2)ncn1. The first kappa shape index (κ1) is 9.24. The number of nitrogens with one attached hydrogen (secondary N) is 1. The maximum absolute atomic E-state index is 5.75. The van der Waals surface area contributed by atoms with Crippen molar-refractivity contribution in [3.8, 4) is 0 Å². The fourth-order valence-electron chi connectivity index (χ4n) is 1.28. The molecule has 3 nitrogen and oxygen atoms in total. The molecule has 0 radical (unpaired) electrons. The summed E-state index contributed by atoms with van der Waals surface area (Å²) in [6, 6.07) is 1.81. The van der Waals surface area contributed by atoms with Crippen LogP contribution < -0.4 is 5.32 Å². The van der Waals surface area contributed by atoms with E-state index >= 15 is 0 Å². The van der Waals surface area contributed by atoms with Gasteiger partial charge in [0.15, 0.2) is 0 Å². The van der Waals surface area contributed by atoms with E-state index in [4.69, 9.17) is 11.6 Å². The Morgan fingerprint density at radius 1 is 1.54 bits per heavy atom. The molecule has 1 aliphatic rings. The average Bonchev–Trinajstić information content (AvgIpc) is 2.57. The van der Waals surface area contributed by atoms with Gasteiger partial charge in [0.25, 0.3) is 0 Å². The predicted molar refractivity (Wildman–Crippen MR) is 54.2 cm³/mol. The molecule has 1 unspecified atom stereocenters. The van der Waals surface area contributed by atoms with E-state index in [1.807, 2.05) is 6.07 Å². The maximum atomic E-state index is 5.75. The maximum Gasteiger partial charge on any atom is 0.133 e. The van der Waals surface area contributed by atoms with Gasteiger partial charge in [0.1, 0.15) is 16.5 Å². The van der Waals surface area contributed by atoms with E-state index in [2.05, 4.69) is 15.3 Å². The third-order valence-electron chi connectivity index (χ3n) is 1.91. The molecule has 70 valence electrons. The summed E-state index contributed by atoms with van der Waals surface area (Å²) in [5.74, 6) is 0. The van der Waals surface area contributed by atoms with Crippen LogP contribution in [0.3, 0.4) is 0 Å². The van der Waals surface area contributed by atoms with Crippen LogP contribution in [-0.2, 0) is 0 Å². The Bertz CT molecular complexity index is 288. The smallest absolute Gasteiger partial charge is 0.133 e. The van der Waals surface area contributed by atoms with Crippen LogP contribution in [0.15, 0.2) is 17.4 Å². The molecular formula is C8H10ClN3S. The number of aromatic nitrogens is 2. The lowest BCUT2D eigenvalue weighted by Gasteiger charge is -2.05. The van der Waals surface area contributed by atoms with Gasteiger partial charge in [0, 0.05) is 17.9 Å². The molecule has 0 amide bonds. The van der Waals surface area contributed by atoms with Crippen LogP contribution >= 0.6 is 23.4 Å². The fourth-order valence-corrected chi connectivity index (χ4v) is 2.56. The molecule has 2 rings (SSSR count). The summed E-state index contributed by atoms with van der Waals surface area (Å²) in [6.07, 6.45) is 2.71. The molecule has 1 saturated heterocycles. The quantitative estimate of drug-likeness (QED) is 0.761. The zero-order chi connectivity index (χ0) is 9.10. The number of thioether (sulfide) groups is 1. The van der Waals surface area contributed by atoms with Crippen LogP contribution in [0.1, 0.15) is 6.42 Å². The minimum atomic E-state index is 0.517. The highest BCUT2D eigenvalue weighted by molar-refractivity contribution is 7.99. The molecule has 1 N–H and O–H groups in total. The van der Waals surface area contributed by atoms with Crippen molar-refractivity contribution in [2.45, 2.75) is 16.7 Å². The summed E-state index contributed by atoms with van der Waals surface area (Å²) in [6.45, 7) is 2.17. The molecule has 1 aromatic rings. The van der Waals surface area contributed by atoms with Gasteiger partial charge in [-0.05, 0) is 13.0 Å². The van der Waals surface area contributed by atoms with E-state index in [0.717, 1.165) is 18.1 Å². The highest BCUT2D eigenvalue weighted by atomic mass is 35.5. The number of hydrogen-bond donors (Lipinski definition) is 1. The molecular weight excluding hydrogens is 206 g/mol. The summed E-state index contributed by atoms with van der Waals surface area (Å²) in [5, 5.41) is 5.42. The summed E-state index contributed by atoms with van der Waals surface area (Å²) in [5.41, 5.74) is 0. The fraction of sp³-hybridized carbons (Fsp3) is 0.500. The minimum Gasteiger partial charge on any atom is -0.316 e. The van der Waals surface area contributed by atoms with Gasteiger partial charge in [0.2, 0.25) is 0 Å². The minimum absolute atomic E-state index is 0.517. The molecule has 1 aliphatic heterocycles. The van der Waals surface area contributed by atoms with Crippen LogP contribution in [0, 0.1) is 0 Å². The lowest BCUT2D eigenvalue weighted by molar-refractivity contribution is 0.858. The second kappa shape index (κ2) is 4.26. The Balaban J connectivity index is 2.00. The number of rotatable bonds is 2. The molecule has 0 aliphatic carbocycles. The number of halogens is 1. The Morgan fingerprint density at radius 2 is 2.46 bits per heavy atom. The molecule has 5 heteroatoms. The first-order valence-corrected chi connectivity index (χ1v) is 5.45. The van der Waals surface area contributed by atoms with Crippen molar-refractivity contribution in [1.29, 1.82) is 0 Å². The van der Waals surface area contributed by atoms with Crippen LogP contribution in [0.25, 0.3) is 0 Å². The van der Waals surface area contributed by atoms with Gasteiger partial charge >= 0.3 is 0 Å². The Kier molecular flexibility index (Phi) is 3.03. The molecule has 1 aromatic heterocycles. The largest absolute Gasteiger partial charge is 0.316 e. The molecule has 0 saturated carbocycles. The third-order valence-corrected chi connectivity index (χ3v) is 3.32. The lowest BCUT2D eigenvalue weighted by Crippen LogP contribution is -2.10. The van der Waals surface area contributed by atoms with E-state index in [-0.39, 0.29) is 0 Å². The van der Waals surface area contributed by atoms with Crippen molar-refractivity contribution in [2.75, 3.05) is 13.1 Å². The summed E-state index contributed by atoms with van der Waals surface area (Å²) >= 11 is 7.52. The molecule has 2 heterocycles. The monoisotopic (exact) mass is 215 g/mol. The number of hydrogen-bond acceptors (Lipinski definition) is 4. The Labute approximate surface area is 86.3 Å². The van der Waals surface area contributed by atoms with Gasteiger partial charge in [-0.25, -0.2) is 9.97 Å². The van der Waals surface area contributed by atoms with E-state index in [0.29, 0.717) is 10.4 Å². The van der Waals surface area contributed by atoms with Gasteiger partial charge in [0.05, 0.1) is 0 Å². The highest BCUT2D eigenvalue weighted by Gasteiger charge is 2.16. The van der Waals surface area contributed by atoms with Crippen LogP contribution in [0.4, 0.5) is 0 Å². The second-order valence-electron chi connectivity index (χ2n) is 2.91. The molecule has 1 fully saturated rings. The topological polar surface area (TPSA) is 37.8 Å². The van der Waals surface area contributed by atoms with Crippen molar-refractivity contribution in [3.05, 3.63) is 17.5 Å². The van der Waals surface area contributed by atoms with E-state index in [1.165, 1.54) is 12.7 Å². The Morgan fingerprint density at radius 3 is 3.15 bits per heavy atom. The van der Waals surface area contributed by atoms with Gasteiger partial charge in [-0.3, -0.25) is 0 Å². The molecule has 0 bridgehead atoms. The van der Waals surface area contributed by atoms with Gasteiger partial charge < -0.3 is 5.32 Å². The van der Waals surface area contributed by atoms with Crippen LogP contribution in [0.2, 0.25) is 5.15 Å². The number of nitrogens with zero attached hydrogens (tertiary/aromatic N) is 2. The third kappa shape index (κ3) is 2.56. The van der Waals surface area contributed by atoms with Crippen molar-refractivity contribution in [2.24, 2.45) is 0 Å². The van der Waals surface area contributed by atoms with E-state index < -0.39 is 0 Å². The normalized spacial score (nSPS) is 22.1. The van der Waals surface area contributed by atoms with Gasteiger partial charge in [-0.2, -0.15) is 0 Å². The van der Waals surface area contributed by atoms with Crippen molar-refractivity contribution in [1.82, 2.24) is 15.3 Å². The zero-order valence-corrected chi connectivity index (χ0v) is 8.61. The predicted octanol–water partition coefficient (Wildman–Crippen LogP) is 1.58. The van der Waals surface area contributed by atoms with Crippen LogP contribution in [-0.4, -0.2) is 28.3 Å². The molecule has 13 heavy (non-hydrogen) atoms. The van der Waals surface area contributed by atoms with Gasteiger partial charge in [-0.15, -0.1) is 11.8 Å². The van der Waals surface area contributed by atoms with Crippen molar-refractivity contribution >= 4 is 23.4 Å². The summed E-state index contributed by atoms with van der Waals surface area (Å²) < 4.78 is 0. The van der Waals surface area contributed by atoms with Crippen molar-refractivity contribution in [3.63, 3.8) is 0 Å². The lowest BCUT2D eigenvalue weighted by atomic mass is 10.4. The highest BCUT2D eigenvalue weighted by Crippen LogP contribution is 2.25. The average molecular weight is 216 g/mol. The zero-order valence-electron chi connectivity index (χ0n) is 7.03. The van der Waals surface area contributed by atoms with E-state index in [9.17, 15) is 0 Å². The van der Waals surface area contributed by atoms with Gasteiger partial charge in [-0.1, -0.05) is 11.6 Å². The first-order chi connectivity index (χ1) is 6.34. The Hall–Kier alpha value is -0.320. The molecule has 0 aromatic carbocycles. The summed E-state index contributed by atoms with van der Waals surface area (Å²) in [4.78, 5) is 7.98. The first-order valence-electron chi connectivity index (χ1n) is 4.19. The van der Waals surface area contributed by atoms with Crippen molar-refractivity contribution < 1.29 is 0 Å². The standard InChI is InChI=1S/C8H10ClN3S/c9-7-3-8(12-5-11-7)13-6-1-2-10-4-6/h3,5-6,10H,1-2,4H2. The second-order valence-corrected chi connectivity index (χ2v) is 4.62. The summed E-state index contributed by atoms with van der Waals surface area (Å²) in [7, 11) is 0.